The van der Waals surface area contributed by atoms with Crippen LogP contribution in [-0.2, 0) is 16.6 Å². The van der Waals surface area contributed by atoms with Gasteiger partial charge in [-0.25, -0.2) is 18.5 Å². The molecular weight excluding hydrogens is 296 g/mol. The van der Waals surface area contributed by atoms with E-state index >= 15 is 0 Å². The molecule has 1 aromatic heterocycles. The van der Waals surface area contributed by atoms with Gasteiger partial charge < -0.3 is 10.6 Å². The largest absolute Gasteiger partial charge is 0.370 e. The molecule has 2 heterocycles. The van der Waals surface area contributed by atoms with Crippen molar-refractivity contribution < 1.29 is 8.42 Å². The number of rotatable bonds is 3. The molecule has 1 saturated heterocycles. The van der Waals surface area contributed by atoms with Crippen LogP contribution in [-0.4, -0.2) is 32.4 Å². The van der Waals surface area contributed by atoms with E-state index in [0.717, 1.165) is 42.1 Å². The van der Waals surface area contributed by atoms with Gasteiger partial charge in [-0.05, 0) is 25.0 Å². The Labute approximate surface area is 123 Å². The summed E-state index contributed by atoms with van der Waals surface area (Å²) < 4.78 is 22.5. The highest BCUT2D eigenvalue weighted by Crippen LogP contribution is 2.21. The Morgan fingerprint density at radius 2 is 1.90 bits per heavy atom. The second-order valence-electron chi connectivity index (χ2n) is 4.84. The van der Waals surface area contributed by atoms with Crippen molar-refractivity contribution >= 4 is 27.3 Å². The van der Waals surface area contributed by atoms with E-state index in [0.29, 0.717) is 12.5 Å². The summed E-state index contributed by atoms with van der Waals surface area (Å²) in [5, 5.41) is 5.07. The molecule has 112 valence electrons. The normalized spacial score (nSPS) is 18.1. The number of aliphatic imine (C=N–C) groups is 1. The predicted molar refractivity (Wildman–Crippen MR) is 81.1 cm³/mol. The highest BCUT2D eigenvalue weighted by atomic mass is 32.2. The molecule has 0 aliphatic carbocycles. The van der Waals surface area contributed by atoms with Crippen LogP contribution in [0.15, 0.2) is 21.3 Å². The maximum absolute atomic E-state index is 11.2. The van der Waals surface area contributed by atoms with Gasteiger partial charge >= 0.3 is 0 Å². The molecule has 1 aliphatic rings. The molecule has 6 nitrogen and oxygen atoms in total. The van der Waals surface area contributed by atoms with Gasteiger partial charge in [-0.15, -0.1) is 11.3 Å². The van der Waals surface area contributed by atoms with Crippen molar-refractivity contribution in [1.82, 2.24) is 4.90 Å². The summed E-state index contributed by atoms with van der Waals surface area (Å²) in [6, 6.07) is 3.23. The van der Waals surface area contributed by atoms with Crippen LogP contribution in [0.5, 0.6) is 0 Å². The molecular formula is C12H20N4O2S2. The van der Waals surface area contributed by atoms with Gasteiger partial charge in [0.15, 0.2) is 5.96 Å². The van der Waals surface area contributed by atoms with Crippen LogP contribution in [0.3, 0.4) is 0 Å². The van der Waals surface area contributed by atoms with Gasteiger partial charge in [0.05, 0.1) is 6.54 Å². The lowest BCUT2D eigenvalue weighted by Gasteiger charge is -2.20. The van der Waals surface area contributed by atoms with E-state index in [2.05, 4.69) is 9.89 Å². The number of likely N-dealkylation sites (tertiary alicyclic amines) is 1. The fourth-order valence-electron chi connectivity index (χ4n) is 2.15. The van der Waals surface area contributed by atoms with E-state index < -0.39 is 10.0 Å². The molecule has 0 spiro atoms. The van der Waals surface area contributed by atoms with Crippen molar-refractivity contribution in [3.8, 4) is 0 Å². The smallest absolute Gasteiger partial charge is 0.247 e. The molecule has 2 rings (SSSR count). The second kappa shape index (κ2) is 6.55. The molecule has 0 atom stereocenters. The zero-order valence-electron chi connectivity index (χ0n) is 11.3. The highest BCUT2D eigenvalue weighted by Gasteiger charge is 2.13. The van der Waals surface area contributed by atoms with Gasteiger partial charge in [-0.1, -0.05) is 12.8 Å². The van der Waals surface area contributed by atoms with Crippen LogP contribution in [0.4, 0.5) is 0 Å². The minimum absolute atomic E-state index is 0.163. The van der Waals surface area contributed by atoms with Crippen LogP contribution in [0.25, 0.3) is 0 Å². The quantitative estimate of drug-likeness (QED) is 0.643. The van der Waals surface area contributed by atoms with Gasteiger partial charge in [0.1, 0.15) is 4.21 Å². The lowest BCUT2D eigenvalue weighted by atomic mass is 10.2. The van der Waals surface area contributed by atoms with Gasteiger partial charge in [0.2, 0.25) is 10.0 Å². The first kappa shape index (κ1) is 15.3. The Hall–Kier alpha value is -1.12. The number of nitrogens with two attached hydrogens (primary N) is 2. The topological polar surface area (TPSA) is 102 Å². The summed E-state index contributed by atoms with van der Waals surface area (Å²) in [7, 11) is -3.62. The number of thiophene rings is 1. The SMILES string of the molecule is NC(=NCc1ccc(S(N)(=O)=O)s1)N1CCCCCC1. The number of sulfonamides is 1. The van der Waals surface area contributed by atoms with E-state index in [1.165, 1.54) is 18.9 Å². The number of hydrogen-bond acceptors (Lipinski definition) is 4. The molecule has 0 saturated carbocycles. The number of nitrogens with zero attached hydrogens (tertiary/aromatic N) is 2. The molecule has 8 heteroatoms. The lowest BCUT2D eigenvalue weighted by Crippen LogP contribution is -2.38. The lowest BCUT2D eigenvalue weighted by molar-refractivity contribution is 0.428. The van der Waals surface area contributed by atoms with Gasteiger partial charge in [0.25, 0.3) is 0 Å². The molecule has 1 aromatic rings. The molecule has 0 aromatic carbocycles. The van der Waals surface area contributed by atoms with Gasteiger partial charge in [0, 0.05) is 18.0 Å². The maximum Gasteiger partial charge on any atom is 0.247 e. The third-order valence-corrected chi connectivity index (χ3v) is 5.75. The summed E-state index contributed by atoms with van der Waals surface area (Å²) in [5.41, 5.74) is 6.00. The second-order valence-corrected chi connectivity index (χ2v) is 7.80. The minimum atomic E-state index is -3.62. The summed E-state index contributed by atoms with van der Waals surface area (Å²) in [6.07, 6.45) is 4.77. The Morgan fingerprint density at radius 3 is 2.45 bits per heavy atom. The first-order valence-corrected chi connectivity index (χ1v) is 8.99. The van der Waals surface area contributed by atoms with Gasteiger partial charge in [-0.2, -0.15) is 0 Å². The monoisotopic (exact) mass is 316 g/mol. The fraction of sp³-hybridized carbons (Fsp3) is 0.583. The Morgan fingerprint density at radius 1 is 1.25 bits per heavy atom. The molecule has 0 bridgehead atoms. The molecule has 0 amide bonds. The van der Waals surface area contributed by atoms with Crippen molar-refractivity contribution in [1.29, 1.82) is 0 Å². The van der Waals surface area contributed by atoms with Crippen LogP contribution in [0.1, 0.15) is 30.6 Å². The first-order chi connectivity index (χ1) is 9.47. The van der Waals surface area contributed by atoms with Crippen molar-refractivity contribution in [3.63, 3.8) is 0 Å². The Kier molecular flexibility index (Phi) is 5.00. The van der Waals surface area contributed by atoms with Crippen LogP contribution < -0.4 is 10.9 Å². The highest BCUT2D eigenvalue weighted by molar-refractivity contribution is 7.91. The molecule has 0 unspecified atom stereocenters. The Bertz CT molecular complexity index is 572. The predicted octanol–water partition coefficient (Wildman–Crippen LogP) is 1.09. The summed E-state index contributed by atoms with van der Waals surface area (Å²) in [5.74, 6) is 0.539. The maximum atomic E-state index is 11.2. The molecule has 4 N–H and O–H groups in total. The molecule has 0 radical (unpaired) electrons. The van der Waals surface area contributed by atoms with Gasteiger partial charge in [-0.3, -0.25) is 0 Å². The van der Waals surface area contributed by atoms with E-state index in [4.69, 9.17) is 10.9 Å². The average Bonchev–Trinajstić information content (AvgIpc) is 2.70. The van der Waals surface area contributed by atoms with E-state index in [-0.39, 0.29) is 4.21 Å². The minimum Gasteiger partial charge on any atom is -0.370 e. The fourth-order valence-corrected chi connectivity index (χ4v) is 3.86. The van der Waals surface area contributed by atoms with Crippen LogP contribution >= 0.6 is 11.3 Å². The zero-order valence-corrected chi connectivity index (χ0v) is 12.9. The third kappa shape index (κ3) is 4.19. The first-order valence-electron chi connectivity index (χ1n) is 6.63. The van der Waals surface area contributed by atoms with Crippen LogP contribution in [0.2, 0.25) is 0 Å². The van der Waals surface area contributed by atoms with Crippen molar-refractivity contribution in [3.05, 3.63) is 17.0 Å². The van der Waals surface area contributed by atoms with Crippen molar-refractivity contribution in [2.75, 3.05) is 13.1 Å². The molecule has 1 aliphatic heterocycles. The van der Waals surface area contributed by atoms with Crippen molar-refractivity contribution in [2.24, 2.45) is 15.9 Å². The van der Waals surface area contributed by atoms with E-state index in [9.17, 15) is 8.42 Å². The standard InChI is InChI=1S/C12H20N4O2S2/c13-12(16-7-3-1-2-4-8-16)15-9-10-5-6-11(19-10)20(14,17)18/h5-6H,1-4,7-9H2,(H2,13,15)(H2,14,17,18). The Balaban J connectivity index is 1.99. The zero-order chi connectivity index (χ0) is 14.6. The average molecular weight is 316 g/mol. The summed E-state index contributed by atoms with van der Waals surface area (Å²) in [6.45, 7) is 2.28. The van der Waals surface area contributed by atoms with E-state index in [1.807, 2.05) is 0 Å². The summed E-state index contributed by atoms with van der Waals surface area (Å²) in [4.78, 5) is 7.29. The number of guanidine groups is 1. The third-order valence-electron chi connectivity index (χ3n) is 3.24. The summed E-state index contributed by atoms with van der Waals surface area (Å²) >= 11 is 1.14. The van der Waals surface area contributed by atoms with E-state index in [1.54, 1.807) is 6.07 Å². The van der Waals surface area contributed by atoms with Crippen molar-refractivity contribution in [2.45, 2.75) is 36.4 Å². The molecule has 1 fully saturated rings. The van der Waals surface area contributed by atoms with Crippen LogP contribution in [0, 0.1) is 0 Å². The molecule has 20 heavy (non-hydrogen) atoms. The number of hydrogen-bond donors (Lipinski definition) is 2. The number of primary sulfonamides is 1.